The van der Waals surface area contributed by atoms with Crippen LogP contribution in [0.25, 0.3) is 0 Å². The topological polar surface area (TPSA) is 58.6 Å². The summed E-state index contributed by atoms with van der Waals surface area (Å²) < 4.78 is 33.0. The van der Waals surface area contributed by atoms with Crippen LogP contribution in [0.3, 0.4) is 0 Å². The fourth-order valence-electron chi connectivity index (χ4n) is 3.50. The van der Waals surface area contributed by atoms with Crippen molar-refractivity contribution in [3.05, 3.63) is 0 Å². The first-order chi connectivity index (χ1) is 11.0. The summed E-state index contributed by atoms with van der Waals surface area (Å²) in [6, 6.07) is 0.0384. The summed E-state index contributed by atoms with van der Waals surface area (Å²) >= 11 is 0. The molecule has 136 valence electrons. The molecular formula is C17H26F2N2O3. The molecule has 0 aromatic heterocycles. The summed E-state index contributed by atoms with van der Waals surface area (Å²) in [6.45, 7) is 5.44. The SMILES string of the molecule is CC(C)(C)OC(=O)NC1(C(=O)N2CCC2CC2CCC2)CC1(F)F. The lowest BCUT2D eigenvalue weighted by Gasteiger charge is -2.45. The molecule has 3 aliphatic rings. The van der Waals surface area contributed by atoms with Gasteiger partial charge in [0, 0.05) is 12.6 Å². The molecule has 5 nitrogen and oxygen atoms in total. The lowest BCUT2D eigenvalue weighted by Crippen LogP contribution is -2.61. The summed E-state index contributed by atoms with van der Waals surface area (Å²) in [7, 11) is 0. The van der Waals surface area contributed by atoms with Crippen molar-refractivity contribution in [2.45, 2.75) is 82.4 Å². The molecule has 3 rings (SSSR count). The lowest BCUT2D eigenvalue weighted by atomic mass is 9.78. The fourth-order valence-corrected chi connectivity index (χ4v) is 3.50. The van der Waals surface area contributed by atoms with E-state index in [2.05, 4.69) is 5.32 Å². The molecule has 1 aliphatic heterocycles. The highest BCUT2D eigenvalue weighted by molar-refractivity contribution is 5.95. The van der Waals surface area contributed by atoms with Gasteiger partial charge in [-0.2, -0.15) is 0 Å². The number of nitrogens with zero attached hydrogens (tertiary/aromatic N) is 1. The zero-order chi connectivity index (χ0) is 17.8. The predicted octanol–water partition coefficient (Wildman–Crippen LogP) is 3.08. The van der Waals surface area contributed by atoms with E-state index in [0.29, 0.717) is 12.5 Å². The number of hydrogen-bond donors (Lipinski definition) is 1. The number of hydrogen-bond acceptors (Lipinski definition) is 3. The second-order valence-corrected chi connectivity index (χ2v) is 8.39. The maximum Gasteiger partial charge on any atom is 0.408 e. The van der Waals surface area contributed by atoms with Crippen LogP contribution >= 0.6 is 0 Å². The average Bonchev–Trinajstić information content (AvgIpc) is 2.86. The smallest absolute Gasteiger partial charge is 0.408 e. The Morgan fingerprint density at radius 1 is 1.25 bits per heavy atom. The number of carbonyl (C=O) groups excluding carboxylic acids is 2. The minimum Gasteiger partial charge on any atom is -0.444 e. The third-order valence-electron chi connectivity index (χ3n) is 5.30. The van der Waals surface area contributed by atoms with Gasteiger partial charge in [0.15, 0.2) is 5.54 Å². The molecule has 0 bridgehead atoms. The molecule has 0 aromatic rings. The number of amides is 2. The molecule has 2 unspecified atom stereocenters. The highest BCUT2D eigenvalue weighted by Crippen LogP contribution is 2.54. The van der Waals surface area contributed by atoms with Crippen molar-refractivity contribution in [2.75, 3.05) is 6.54 Å². The van der Waals surface area contributed by atoms with Gasteiger partial charge in [-0.3, -0.25) is 4.79 Å². The Morgan fingerprint density at radius 2 is 1.88 bits per heavy atom. The summed E-state index contributed by atoms with van der Waals surface area (Å²) in [6.07, 6.45) is 3.67. The molecule has 0 aromatic carbocycles. The van der Waals surface area contributed by atoms with Crippen LogP contribution < -0.4 is 5.32 Å². The van der Waals surface area contributed by atoms with Crippen LogP contribution in [0.1, 0.15) is 59.3 Å². The molecule has 0 spiro atoms. The van der Waals surface area contributed by atoms with E-state index in [1.807, 2.05) is 0 Å². The Bertz CT molecular complexity index is 542. The van der Waals surface area contributed by atoms with Crippen molar-refractivity contribution >= 4 is 12.0 Å². The van der Waals surface area contributed by atoms with Crippen LogP contribution in [-0.4, -0.2) is 46.5 Å². The second-order valence-electron chi connectivity index (χ2n) is 8.39. The number of rotatable bonds is 4. The van der Waals surface area contributed by atoms with Gasteiger partial charge < -0.3 is 15.0 Å². The van der Waals surface area contributed by atoms with Crippen LogP contribution in [0.15, 0.2) is 0 Å². The molecule has 24 heavy (non-hydrogen) atoms. The van der Waals surface area contributed by atoms with Crippen LogP contribution in [0.2, 0.25) is 0 Å². The van der Waals surface area contributed by atoms with Crippen molar-refractivity contribution < 1.29 is 23.1 Å². The van der Waals surface area contributed by atoms with Gasteiger partial charge in [0.05, 0.1) is 6.42 Å². The van der Waals surface area contributed by atoms with Gasteiger partial charge in [0.2, 0.25) is 0 Å². The highest BCUT2D eigenvalue weighted by Gasteiger charge is 2.78. The third-order valence-corrected chi connectivity index (χ3v) is 5.30. The molecule has 2 aliphatic carbocycles. The number of ether oxygens (including phenoxy) is 1. The Balaban J connectivity index is 1.64. The largest absolute Gasteiger partial charge is 0.444 e. The van der Waals surface area contributed by atoms with Gasteiger partial charge in [-0.05, 0) is 39.5 Å². The van der Waals surface area contributed by atoms with Crippen molar-refractivity contribution in [1.29, 1.82) is 0 Å². The first-order valence-corrected chi connectivity index (χ1v) is 8.74. The molecule has 2 atom stereocenters. The van der Waals surface area contributed by atoms with Crippen LogP contribution in [-0.2, 0) is 9.53 Å². The summed E-state index contributed by atoms with van der Waals surface area (Å²) in [4.78, 5) is 26.1. The first-order valence-electron chi connectivity index (χ1n) is 8.74. The van der Waals surface area contributed by atoms with E-state index < -0.39 is 35.5 Å². The zero-order valence-electron chi connectivity index (χ0n) is 14.5. The number of alkyl carbamates (subject to hydrolysis) is 1. The number of nitrogens with one attached hydrogen (secondary N) is 1. The molecule has 3 fully saturated rings. The predicted molar refractivity (Wildman–Crippen MR) is 83.7 cm³/mol. The van der Waals surface area contributed by atoms with Gasteiger partial charge >= 0.3 is 6.09 Å². The van der Waals surface area contributed by atoms with E-state index in [4.69, 9.17) is 4.74 Å². The van der Waals surface area contributed by atoms with Gasteiger partial charge in [-0.1, -0.05) is 19.3 Å². The molecule has 0 radical (unpaired) electrons. The molecule has 2 amide bonds. The number of carbonyl (C=O) groups is 2. The summed E-state index contributed by atoms with van der Waals surface area (Å²) in [5.41, 5.74) is -2.92. The van der Waals surface area contributed by atoms with E-state index >= 15 is 0 Å². The van der Waals surface area contributed by atoms with Crippen molar-refractivity contribution in [3.8, 4) is 0 Å². The number of halogens is 2. The van der Waals surface area contributed by atoms with Gasteiger partial charge in [0.25, 0.3) is 11.8 Å². The number of alkyl halides is 2. The minimum absolute atomic E-state index is 0.0384. The van der Waals surface area contributed by atoms with Crippen LogP contribution in [0.4, 0.5) is 13.6 Å². The Kier molecular flexibility index (Phi) is 4.04. The molecule has 1 N–H and O–H groups in total. The maximum atomic E-state index is 14.0. The van der Waals surface area contributed by atoms with E-state index in [1.165, 1.54) is 11.3 Å². The Labute approximate surface area is 141 Å². The Hall–Kier alpha value is -1.40. The average molecular weight is 344 g/mol. The summed E-state index contributed by atoms with van der Waals surface area (Å²) in [5, 5.41) is 2.16. The molecule has 1 saturated heterocycles. The summed E-state index contributed by atoms with van der Waals surface area (Å²) in [5.74, 6) is -3.26. The highest BCUT2D eigenvalue weighted by atomic mass is 19.3. The normalized spacial score (nSPS) is 31.7. The van der Waals surface area contributed by atoms with Gasteiger partial charge in [0.1, 0.15) is 5.60 Å². The van der Waals surface area contributed by atoms with E-state index in [1.54, 1.807) is 20.8 Å². The molecule has 1 heterocycles. The minimum atomic E-state index is -3.21. The monoisotopic (exact) mass is 344 g/mol. The standard InChI is InChI=1S/C17H26F2N2O3/c1-15(2,3)24-14(23)20-16(10-17(16,18)19)13(22)21-8-7-12(21)9-11-5-4-6-11/h11-12H,4-10H2,1-3H3,(H,20,23). The van der Waals surface area contributed by atoms with E-state index in [9.17, 15) is 18.4 Å². The van der Waals surface area contributed by atoms with Crippen LogP contribution in [0.5, 0.6) is 0 Å². The maximum absolute atomic E-state index is 14.0. The second kappa shape index (κ2) is 5.56. The van der Waals surface area contributed by atoms with Gasteiger partial charge in [-0.15, -0.1) is 0 Å². The number of likely N-dealkylation sites (tertiary alicyclic amines) is 1. The van der Waals surface area contributed by atoms with E-state index in [-0.39, 0.29) is 6.04 Å². The Morgan fingerprint density at radius 3 is 2.25 bits per heavy atom. The van der Waals surface area contributed by atoms with Gasteiger partial charge in [-0.25, -0.2) is 13.6 Å². The zero-order valence-corrected chi connectivity index (χ0v) is 14.5. The van der Waals surface area contributed by atoms with Crippen LogP contribution in [0, 0.1) is 5.92 Å². The fraction of sp³-hybridized carbons (Fsp3) is 0.882. The van der Waals surface area contributed by atoms with Crippen molar-refractivity contribution in [3.63, 3.8) is 0 Å². The third kappa shape index (κ3) is 3.09. The molecular weight excluding hydrogens is 318 g/mol. The van der Waals surface area contributed by atoms with E-state index in [0.717, 1.165) is 25.7 Å². The van der Waals surface area contributed by atoms with Crippen molar-refractivity contribution in [2.24, 2.45) is 5.92 Å². The lowest BCUT2D eigenvalue weighted by molar-refractivity contribution is -0.146. The quantitative estimate of drug-likeness (QED) is 0.853. The first kappa shape index (κ1) is 17.4. The molecule has 7 heteroatoms. The van der Waals surface area contributed by atoms with Crippen molar-refractivity contribution in [1.82, 2.24) is 10.2 Å². The molecule has 2 saturated carbocycles.